The zero-order valence-corrected chi connectivity index (χ0v) is 19.7. The molecule has 0 radical (unpaired) electrons. The minimum Gasteiger partial charge on any atom is -0.481 e. The third-order valence-corrected chi connectivity index (χ3v) is 7.86. The first-order valence-electron chi connectivity index (χ1n) is 12.6. The highest BCUT2D eigenvalue weighted by molar-refractivity contribution is 5.81. The molecule has 3 N–H and O–H groups in total. The molecule has 2 aromatic rings. The topological polar surface area (TPSA) is 105 Å². The van der Waals surface area contributed by atoms with Gasteiger partial charge in [0.25, 0.3) is 0 Å². The zero-order chi connectivity index (χ0) is 24.4. The molecule has 0 aromatic heterocycles. The van der Waals surface area contributed by atoms with Crippen molar-refractivity contribution in [3.8, 4) is 11.1 Å². The van der Waals surface area contributed by atoms with Crippen LogP contribution in [0.25, 0.3) is 11.1 Å². The van der Waals surface area contributed by atoms with Crippen LogP contribution in [-0.4, -0.2) is 42.3 Å². The first-order valence-corrected chi connectivity index (χ1v) is 12.6. The van der Waals surface area contributed by atoms with Gasteiger partial charge in [0.15, 0.2) is 0 Å². The third kappa shape index (κ3) is 5.04. The van der Waals surface area contributed by atoms with Gasteiger partial charge in [-0.2, -0.15) is 0 Å². The maximum atomic E-state index is 12.8. The van der Waals surface area contributed by atoms with Crippen molar-refractivity contribution in [2.45, 2.75) is 50.5 Å². The van der Waals surface area contributed by atoms with E-state index in [9.17, 15) is 14.4 Å². The number of alkyl carbamates (subject to hydrolysis) is 1. The van der Waals surface area contributed by atoms with Gasteiger partial charge < -0.3 is 20.5 Å². The van der Waals surface area contributed by atoms with Gasteiger partial charge in [0, 0.05) is 24.9 Å². The van der Waals surface area contributed by atoms with Gasteiger partial charge in [-0.25, -0.2) is 4.79 Å². The van der Waals surface area contributed by atoms with Crippen LogP contribution < -0.4 is 10.6 Å². The number of carboxylic acids is 1. The summed E-state index contributed by atoms with van der Waals surface area (Å²) in [5.41, 5.74) is 4.71. The Morgan fingerprint density at radius 2 is 1.57 bits per heavy atom. The number of rotatable bonds is 8. The zero-order valence-electron chi connectivity index (χ0n) is 19.7. The molecule has 0 unspecified atom stereocenters. The maximum absolute atomic E-state index is 12.8. The lowest BCUT2D eigenvalue weighted by Gasteiger charge is -2.34. The van der Waals surface area contributed by atoms with Gasteiger partial charge in [-0.15, -0.1) is 0 Å². The molecule has 2 amide bonds. The predicted octanol–water partition coefficient (Wildman–Crippen LogP) is 4.31. The summed E-state index contributed by atoms with van der Waals surface area (Å²) in [4.78, 5) is 36.3. The molecule has 3 aliphatic rings. The van der Waals surface area contributed by atoms with Crippen molar-refractivity contribution in [2.24, 2.45) is 17.8 Å². The average Bonchev–Trinajstić information content (AvgIpc) is 3.41. The number of aliphatic carboxylic acids is 1. The molecule has 184 valence electrons. The lowest BCUT2D eigenvalue weighted by atomic mass is 9.73. The second-order valence-electron chi connectivity index (χ2n) is 10.2. The van der Waals surface area contributed by atoms with Crippen LogP contribution in [0.1, 0.15) is 55.6 Å². The van der Waals surface area contributed by atoms with Crippen molar-refractivity contribution in [3.05, 3.63) is 59.7 Å². The molecule has 7 heteroatoms. The fourth-order valence-electron chi connectivity index (χ4n) is 6.07. The number of carboxylic acid groups (broad SMARTS) is 1. The number of benzene rings is 2. The number of hydrogen-bond donors (Lipinski definition) is 3. The quantitative estimate of drug-likeness (QED) is 0.527. The van der Waals surface area contributed by atoms with Gasteiger partial charge in [0.05, 0.1) is 5.92 Å². The fourth-order valence-corrected chi connectivity index (χ4v) is 6.07. The Labute approximate surface area is 205 Å². The summed E-state index contributed by atoms with van der Waals surface area (Å²) >= 11 is 0. The molecule has 2 saturated carbocycles. The van der Waals surface area contributed by atoms with Gasteiger partial charge in [-0.3, -0.25) is 9.59 Å². The monoisotopic (exact) mass is 476 g/mol. The van der Waals surface area contributed by atoms with Gasteiger partial charge in [0.2, 0.25) is 5.91 Å². The molecule has 0 aliphatic heterocycles. The number of hydrogen-bond acceptors (Lipinski definition) is 4. The number of amides is 2. The molecule has 35 heavy (non-hydrogen) atoms. The Balaban J connectivity index is 1.11. The summed E-state index contributed by atoms with van der Waals surface area (Å²) in [6, 6.07) is 16.2. The van der Waals surface area contributed by atoms with Crippen molar-refractivity contribution >= 4 is 18.0 Å². The molecule has 0 bridgehead atoms. The lowest BCUT2D eigenvalue weighted by Crippen LogP contribution is -2.46. The number of nitrogens with one attached hydrogen (secondary N) is 2. The highest BCUT2D eigenvalue weighted by atomic mass is 16.5. The van der Waals surface area contributed by atoms with Gasteiger partial charge in [-0.1, -0.05) is 55.0 Å². The Morgan fingerprint density at radius 1 is 0.914 bits per heavy atom. The van der Waals surface area contributed by atoms with Crippen LogP contribution in [-0.2, 0) is 14.3 Å². The van der Waals surface area contributed by atoms with Crippen LogP contribution in [0, 0.1) is 17.8 Å². The second kappa shape index (κ2) is 10.1. The van der Waals surface area contributed by atoms with Crippen LogP contribution in [0.5, 0.6) is 0 Å². The smallest absolute Gasteiger partial charge is 0.407 e. The van der Waals surface area contributed by atoms with Gasteiger partial charge in [-0.05, 0) is 59.8 Å². The third-order valence-electron chi connectivity index (χ3n) is 7.86. The van der Waals surface area contributed by atoms with Crippen molar-refractivity contribution in [1.82, 2.24) is 10.6 Å². The number of carbonyl (C=O) groups is 3. The lowest BCUT2D eigenvalue weighted by molar-refractivity contribution is -0.139. The summed E-state index contributed by atoms with van der Waals surface area (Å²) in [7, 11) is 0. The Bertz CT molecular complexity index is 1060. The molecule has 0 heterocycles. The highest BCUT2D eigenvalue weighted by Gasteiger charge is 2.36. The SMILES string of the molecule is O=C(O)CC1CC(CNC(=O)[C@@H]2CCC[C@@H]2NC(=O)OCC2c3ccccc3-c3ccccc32)C1. The van der Waals surface area contributed by atoms with E-state index in [0.29, 0.717) is 12.5 Å². The van der Waals surface area contributed by atoms with Gasteiger partial charge in [0.1, 0.15) is 6.61 Å². The van der Waals surface area contributed by atoms with Crippen LogP contribution in [0.2, 0.25) is 0 Å². The Kier molecular flexibility index (Phi) is 6.75. The Hall–Kier alpha value is -3.35. The van der Waals surface area contributed by atoms with Crippen molar-refractivity contribution < 1.29 is 24.2 Å². The summed E-state index contributed by atoms with van der Waals surface area (Å²) < 4.78 is 5.67. The number of ether oxygens (including phenoxy) is 1. The molecule has 2 aromatic carbocycles. The minimum atomic E-state index is -0.759. The maximum Gasteiger partial charge on any atom is 0.407 e. The van der Waals surface area contributed by atoms with Crippen molar-refractivity contribution in [2.75, 3.05) is 13.2 Å². The fraction of sp³-hybridized carbons (Fsp3) is 0.464. The van der Waals surface area contributed by atoms with E-state index in [1.54, 1.807) is 0 Å². The largest absolute Gasteiger partial charge is 0.481 e. The average molecular weight is 477 g/mol. The summed E-state index contributed by atoms with van der Waals surface area (Å²) in [6.45, 7) is 0.825. The first kappa shape index (κ1) is 23.4. The van der Waals surface area contributed by atoms with Crippen LogP contribution in [0.15, 0.2) is 48.5 Å². The van der Waals surface area contributed by atoms with Crippen molar-refractivity contribution in [1.29, 1.82) is 0 Å². The van der Waals surface area contributed by atoms with E-state index in [0.717, 1.165) is 32.1 Å². The summed E-state index contributed by atoms with van der Waals surface area (Å²) in [5, 5.41) is 14.8. The van der Waals surface area contributed by atoms with E-state index in [1.165, 1.54) is 22.3 Å². The minimum absolute atomic E-state index is 0.00301. The molecule has 0 spiro atoms. The van der Waals surface area contributed by atoms with E-state index in [2.05, 4.69) is 34.9 Å². The molecular weight excluding hydrogens is 444 g/mol. The Morgan fingerprint density at radius 3 is 2.23 bits per heavy atom. The first-order chi connectivity index (χ1) is 17.0. The number of fused-ring (bicyclic) bond motifs is 3. The molecule has 7 nitrogen and oxygen atoms in total. The molecule has 3 aliphatic carbocycles. The van der Waals surface area contributed by atoms with E-state index in [-0.39, 0.29) is 42.7 Å². The van der Waals surface area contributed by atoms with Crippen molar-refractivity contribution in [3.63, 3.8) is 0 Å². The summed E-state index contributed by atoms with van der Waals surface area (Å²) in [5.74, 6) is -0.477. The molecule has 0 saturated heterocycles. The molecular formula is C28H32N2O5. The summed E-state index contributed by atoms with van der Waals surface area (Å²) in [6.07, 6.45) is 3.80. The normalized spacial score (nSPS) is 24.7. The second-order valence-corrected chi connectivity index (χ2v) is 10.2. The van der Waals surface area contributed by atoms with Crippen LogP contribution in [0.3, 0.4) is 0 Å². The van der Waals surface area contributed by atoms with Crippen LogP contribution >= 0.6 is 0 Å². The van der Waals surface area contributed by atoms with Gasteiger partial charge >= 0.3 is 12.1 Å². The molecule has 2 fully saturated rings. The van der Waals surface area contributed by atoms with E-state index in [1.807, 2.05) is 24.3 Å². The van der Waals surface area contributed by atoms with Crippen LogP contribution in [0.4, 0.5) is 4.79 Å². The van der Waals surface area contributed by atoms with E-state index >= 15 is 0 Å². The predicted molar refractivity (Wildman–Crippen MR) is 131 cm³/mol. The molecule has 2 atom stereocenters. The van der Waals surface area contributed by atoms with E-state index < -0.39 is 12.1 Å². The standard InChI is InChI=1S/C28H32N2O5/c31-26(32)14-17-12-18(13-17)15-29-27(33)23-10-5-11-25(23)30-28(34)35-16-24-21-8-3-1-6-19(21)20-7-2-4-9-22(20)24/h1-4,6-9,17-18,23-25H,5,10-16H2,(H,29,33)(H,30,34)(H,31,32)/t17?,18?,23-,25+/m1/s1. The number of carbonyl (C=O) groups excluding carboxylic acids is 2. The highest BCUT2D eigenvalue weighted by Crippen LogP contribution is 2.44. The van der Waals surface area contributed by atoms with E-state index in [4.69, 9.17) is 9.84 Å². The molecule has 5 rings (SSSR count).